The average molecular weight is 360 g/mol. The fourth-order valence-corrected chi connectivity index (χ4v) is 2.99. The smallest absolute Gasteiger partial charge is 0.324 e. The molecule has 27 heavy (non-hydrogen) atoms. The second-order valence-corrected chi connectivity index (χ2v) is 6.05. The maximum atomic E-state index is 12.5. The Morgan fingerprint density at radius 1 is 0.963 bits per heavy atom. The van der Waals surface area contributed by atoms with Crippen LogP contribution in [0.5, 0.6) is 0 Å². The minimum atomic E-state index is -0.616. The second kappa shape index (κ2) is 6.80. The highest BCUT2D eigenvalue weighted by atomic mass is 16.2. The Kier molecular flexibility index (Phi) is 4.18. The third-order valence-corrected chi connectivity index (χ3v) is 4.24. The van der Waals surface area contributed by atoms with Crippen LogP contribution in [0.3, 0.4) is 0 Å². The number of aromatic amines is 1. The molecule has 0 saturated carbocycles. The first-order chi connectivity index (χ1) is 13.1. The number of fused-ring (bicyclic) bond motifs is 1. The summed E-state index contributed by atoms with van der Waals surface area (Å²) in [5, 5.41) is 3.16. The summed E-state index contributed by atoms with van der Waals surface area (Å²) in [5.74, 6) is -0.362. The third kappa shape index (κ3) is 3.30. The van der Waals surface area contributed by atoms with E-state index in [2.05, 4.69) is 10.3 Å². The lowest BCUT2D eigenvalue weighted by molar-refractivity contribution is -0.116. The quantitative estimate of drug-likeness (QED) is 0.584. The van der Waals surface area contributed by atoms with Gasteiger partial charge in [0.05, 0.1) is 10.9 Å². The number of aromatic nitrogens is 3. The summed E-state index contributed by atoms with van der Waals surface area (Å²) >= 11 is 0. The maximum Gasteiger partial charge on any atom is 0.329 e. The van der Waals surface area contributed by atoms with E-state index in [0.29, 0.717) is 16.6 Å². The molecular formula is C20H16N4O3. The van der Waals surface area contributed by atoms with Crippen LogP contribution >= 0.6 is 0 Å². The number of nitrogens with one attached hydrogen (secondary N) is 2. The zero-order valence-corrected chi connectivity index (χ0v) is 14.3. The predicted octanol–water partition coefficient (Wildman–Crippen LogP) is 2.12. The van der Waals surface area contributed by atoms with Gasteiger partial charge in [0.1, 0.15) is 6.54 Å². The van der Waals surface area contributed by atoms with Gasteiger partial charge in [0.2, 0.25) is 5.91 Å². The van der Waals surface area contributed by atoms with Crippen LogP contribution in [0.2, 0.25) is 0 Å². The molecule has 2 N–H and O–H groups in total. The lowest BCUT2D eigenvalue weighted by Crippen LogP contribution is -2.34. The molecule has 0 spiro atoms. The topological polar surface area (TPSA) is 88.9 Å². The Labute approximate surface area is 153 Å². The van der Waals surface area contributed by atoms with Crippen molar-refractivity contribution in [2.24, 2.45) is 0 Å². The van der Waals surface area contributed by atoms with Gasteiger partial charge in [-0.3, -0.25) is 19.1 Å². The number of carbonyl (C=O) groups excluding carboxylic acids is 1. The third-order valence-electron chi connectivity index (χ3n) is 4.24. The molecule has 2 aromatic carbocycles. The summed E-state index contributed by atoms with van der Waals surface area (Å²) in [6, 6.07) is 17.9. The Balaban J connectivity index is 1.61. The van der Waals surface area contributed by atoms with Crippen LogP contribution < -0.4 is 16.6 Å². The predicted molar refractivity (Wildman–Crippen MR) is 103 cm³/mol. The maximum absolute atomic E-state index is 12.5. The van der Waals surface area contributed by atoms with Crippen LogP contribution in [0.25, 0.3) is 16.6 Å². The Hall–Kier alpha value is -3.87. The number of rotatable bonds is 4. The molecule has 0 aliphatic heterocycles. The SMILES string of the molecule is O=C(Cn1c(=O)[nH]c(=O)c2ccccc21)Nc1cccc(-n2cccc2)c1. The molecule has 0 aliphatic carbocycles. The first-order valence-corrected chi connectivity index (χ1v) is 8.37. The van der Waals surface area contributed by atoms with E-state index >= 15 is 0 Å². The molecule has 0 atom stereocenters. The first-order valence-electron chi connectivity index (χ1n) is 8.37. The van der Waals surface area contributed by atoms with Crippen molar-refractivity contribution in [2.45, 2.75) is 6.54 Å². The van der Waals surface area contributed by atoms with E-state index in [-0.39, 0.29) is 12.5 Å². The second-order valence-electron chi connectivity index (χ2n) is 6.05. The van der Waals surface area contributed by atoms with Crippen molar-refractivity contribution in [2.75, 3.05) is 5.32 Å². The average Bonchev–Trinajstić information content (AvgIpc) is 3.20. The van der Waals surface area contributed by atoms with Gasteiger partial charge in [0, 0.05) is 23.8 Å². The van der Waals surface area contributed by atoms with Crippen LogP contribution in [0.15, 0.2) is 82.6 Å². The molecule has 0 unspecified atom stereocenters. The van der Waals surface area contributed by atoms with E-state index in [1.54, 1.807) is 30.3 Å². The molecule has 2 heterocycles. The fraction of sp³-hybridized carbons (Fsp3) is 0.0500. The summed E-state index contributed by atoms with van der Waals surface area (Å²) in [5.41, 5.74) is 0.863. The molecule has 0 bridgehead atoms. The van der Waals surface area contributed by atoms with Crippen LogP contribution in [-0.2, 0) is 11.3 Å². The summed E-state index contributed by atoms with van der Waals surface area (Å²) in [4.78, 5) is 38.8. The number of benzene rings is 2. The van der Waals surface area contributed by atoms with E-state index in [1.807, 2.05) is 47.3 Å². The van der Waals surface area contributed by atoms with Gasteiger partial charge in [-0.15, -0.1) is 0 Å². The molecule has 4 rings (SSSR count). The molecule has 7 heteroatoms. The van der Waals surface area contributed by atoms with Crippen molar-refractivity contribution < 1.29 is 4.79 Å². The fourth-order valence-electron chi connectivity index (χ4n) is 2.99. The minimum absolute atomic E-state index is 0.204. The van der Waals surface area contributed by atoms with Gasteiger partial charge < -0.3 is 9.88 Å². The van der Waals surface area contributed by atoms with Gasteiger partial charge in [-0.25, -0.2) is 4.79 Å². The Morgan fingerprint density at radius 3 is 2.56 bits per heavy atom. The number of nitrogens with zero attached hydrogens (tertiary/aromatic N) is 2. The summed E-state index contributed by atoms with van der Waals surface area (Å²) < 4.78 is 3.18. The van der Waals surface area contributed by atoms with E-state index in [0.717, 1.165) is 5.69 Å². The Bertz CT molecular complexity index is 1240. The first kappa shape index (κ1) is 16.6. The normalized spacial score (nSPS) is 10.8. The van der Waals surface area contributed by atoms with Crippen molar-refractivity contribution in [3.8, 4) is 5.69 Å². The van der Waals surface area contributed by atoms with Crippen molar-refractivity contribution in [3.63, 3.8) is 0 Å². The van der Waals surface area contributed by atoms with Crippen LogP contribution in [0.1, 0.15) is 0 Å². The highest BCUT2D eigenvalue weighted by Gasteiger charge is 2.11. The molecule has 4 aromatic rings. The van der Waals surface area contributed by atoms with Gasteiger partial charge in [0.25, 0.3) is 5.56 Å². The van der Waals surface area contributed by atoms with Crippen molar-refractivity contribution in [1.82, 2.24) is 14.1 Å². The van der Waals surface area contributed by atoms with Crippen molar-refractivity contribution in [1.29, 1.82) is 0 Å². The molecule has 1 amide bonds. The van der Waals surface area contributed by atoms with Gasteiger partial charge >= 0.3 is 5.69 Å². The lowest BCUT2D eigenvalue weighted by atomic mass is 10.2. The number of anilines is 1. The molecule has 0 radical (unpaired) electrons. The summed E-state index contributed by atoms with van der Waals surface area (Å²) in [6.07, 6.45) is 3.82. The summed E-state index contributed by atoms with van der Waals surface area (Å²) in [6.45, 7) is -0.204. The Morgan fingerprint density at radius 2 is 1.74 bits per heavy atom. The molecule has 0 aliphatic rings. The molecule has 2 aromatic heterocycles. The van der Waals surface area contributed by atoms with Crippen LogP contribution in [0, 0.1) is 0 Å². The van der Waals surface area contributed by atoms with Gasteiger partial charge in [-0.2, -0.15) is 0 Å². The molecule has 134 valence electrons. The zero-order valence-electron chi connectivity index (χ0n) is 14.3. The van der Waals surface area contributed by atoms with E-state index in [9.17, 15) is 14.4 Å². The standard InChI is InChI=1S/C20H16N4O3/c25-18(21-14-6-5-7-15(12-14)23-10-3-4-11-23)13-24-17-9-2-1-8-16(17)19(26)22-20(24)27/h1-12H,13H2,(H,21,25)(H,22,26,27). The number of hydrogen-bond donors (Lipinski definition) is 2. The minimum Gasteiger partial charge on any atom is -0.324 e. The molecule has 7 nitrogen and oxygen atoms in total. The van der Waals surface area contributed by atoms with Crippen LogP contribution in [-0.4, -0.2) is 20.0 Å². The lowest BCUT2D eigenvalue weighted by Gasteiger charge is -2.11. The number of carbonyl (C=O) groups is 1. The highest BCUT2D eigenvalue weighted by Crippen LogP contribution is 2.15. The van der Waals surface area contributed by atoms with Gasteiger partial charge in [-0.05, 0) is 42.5 Å². The number of para-hydroxylation sites is 1. The molecule has 0 fully saturated rings. The van der Waals surface area contributed by atoms with E-state index < -0.39 is 11.2 Å². The summed E-state index contributed by atoms with van der Waals surface area (Å²) in [7, 11) is 0. The molecule has 0 saturated heterocycles. The van der Waals surface area contributed by atoms with E-state index in [4.69, 9.17) is 0 Å². The van der Waals surface area contributed by atoms with Crippen molar-refractivity contribution in [3.05, 3.63) is 93.9 Å². The van der Waals surface area contributed by atoms with Crippen LogP contribution in [0.4, 0.5) is 5.69 Å². The number of amides is 1. The zero-order chi connectivity index (χ0) is 18.8. The number of hydrogen-bond acceptors (Lipinski definition) is 3. The van der Waals surface area contributed by atoms with Gasteiger partial charge in [0.15, 0.2) is 0 Å². The van der Waals surface area contributed by atoms with Crippen molar-refractivity contribution >= 4 is 22.5 Å². The van der Waals surface area contributed by atoms with E-state index in [1.165, 1.54) is 4.57 Å². The number of H-pyrrole nitrogens is 1. The molecular weight excluding hydrogens is 344 g/mol. The largest absolute Gasteiger partial charge is 0.329 e. The monoisotopic (exact) mass is 360 g/mol. The highest BCUT2D eigenvalue weighted by molar-refractivity contribution is 5.92. The van der Waals surface area contributed by atoms with Gasteiger partial charge in [-0.1, -0.05) is 18.2 Å².